The lowest BCUT2D eigenvalue weighted by molar-refractivity contribution is -0.916. The lowest BCUT2D eigenvalue weighted by Gasteiger charge is -2.53. The number of hydrogen-bond acceptors (Lipinski definition) is 2. The number of quaternary nitrogens is 1. The van der Waals surface area contributed by atoms with E-state index in [-0.39, 0.29) is 47.0 Å². The minimum absolute atomic E-state index is 0. The SMILES string of the molecule is C[N+]1(C)CC[C@@]2(c3cccc(O)c3)CC(=O)/C(=C/c3ccccc3)[C@@H]1C2.[I-]. The van der Waals surface area contributed by atoms with Crippen molar-refractivity contribution in [3.8, 4) is 5.75 Å². The maximum Gasteiger partial charge on any atom is 0.165 e. The zero-order chi connectivity index (χ0) is 18.4. The average Bonchev–Trinajstić information content (AvgIpc) is 2.62. The molecule has 1 saturated carbocycles. The first kappa shape index (κ1) is 20.1. The number of benzene rings is 2. The monoisotopic (exact) mass is 475 g/mol. The predicted molar refractivity (Wildman–Crippen MR) is 104 cm³/mol. The van der Waals surface area contributed by atoms with Crippen LogP contribution in [-0.4, -0.2) is 42.1 Å². The Kier molecular flexibility index (Phi) is 5.50. The van der Waals surface area contributed by atoms with Gasteiger partial charge < -0.3 is 33.6 Å². The number of rotatable bonds is 2. The van der Waals surface area contributed by atoms with E-state index in [1.807, 2.05) is 30.3 Å². The van der Waals surface area contributed by atoms with Gasteiger partial charge >= 0.3 is 0 Å². The Morgan fingerprint density at radius 1 is 1.11 bits per heavy atom. The molecule has 2 fully saturated rings. The molecular formula is C23H26INO2. The molecule has 0 aromatic heterocycles. The molecule has 1 heterocycles. The van der Waals surface area contributed by atoms with Crippen molar-refractivity contribution in [2.24, 2.45) is 0 Å². The van der Waals surface area contributed by atoms with Gasteiger partial charge in [0.1, 0.15) is 11.8 Å². The maximum absolute atomic E-state index is 13.2. The molecule has 0 amide bonds. The molecule has 2 aromatic rings. The molecule has 1 aliphatic heterocycles. The average molecular weight is 475 g/mol. The fourth-order valence-electron chi connectivity index (χ4n) is 4.73. The highest BCUT2D eigenvalue weighted by Crippen LogP contribution is 2.49. The second-order valence-electron chi connectivity index (χ2n) is 8.41. The highest BCUT2D eigenvalue weighted by Gasteiger charge is 2.53. The molecule has 2 atom stereocenters. The lowest BCUT2D eigenvalue weighted by Crippen LogP contribution is -3.00. The van der Waals surface area contributed by atoms with Crippen molar-refractivity contribution in [1.29, 1.82) is 0 Å². The number of likely N-dealkylation sites (tertiary alicyclic amines) is 1. The van der Waals surface area contributed by atoms with Gasteiger partial charge in [0.25, 0.3) is 0 Å². The minimum atomic E-state index is -0.151. The summed E-state index contributed by atoms with van der Waals surface area (Å²) < 4.78 is 0.838. The van der Waals surface area contributed by atoms with E-state index in [4.69, 9.17) is 0 Å². The molecule has 1 aliphatic carbocycles. The number of phenols is 1. The summed E-state index contributed by atoms with van der Waals surface area (Å²) in [5.74, 6) is 0.533. The molecule has 2 aromatic carbocycles. The smallest absolute Gasteiger partial charge is 0.165 e. The summed E-state index contributed by atoms with van der Waals surface area (Å²) >= 11 is 0. The molecule has 4 rings (SSSR count). The van der Waals surface area contributed by atoms with E-state index in [1.54, 1.807) is 6.07 Å². The van der Waals surface area contributed by atoms with Crippen molar-refractivity contribution >= 4 is 11.9 Å². The van der Waals surface area contributed by atoms with Gasteiger partial charge in [-0.05, 0) is 29.3 Å². The summed E-state index contributed by atoms with van der Waals surface area (Å²) in [4.78, 5) is 13.2. The summed E-state index contributed by atoms with van der Waals surface area (Å²) in [6.45, 7) is 1.03. The Bertz CT molecular complexity index is 875. The second kappa shape index (κ2) is 7.40. The minimum Gasteiger partial charge on any atom is -1.00 e. The molecule has 0 spiro atoms. The zero-order valence-corrected chi connectivity index (χ0v) is 18.0. The maximum atomic E-state index is 13.2. The number of phenolic OH excluding ortho intramolecular Hbond substituents is 1. The van der Waals surface area contributed by atoms with Gasteiger partial charge in [-0.25, -0.2) is 0 Å². The van der Waals surface area contributed by atoms with E-state index in [1.165, 1.54) is 0 Å². The number of hydrogen-bond donors (Lipinski definition) is 1. The topological polar surface area (TPSA) is 37.3 Å². The number of carbonyl (C=O) groups is 1. The van der Waals surface area contributed by atoms with Crippen LogP contribution < -0.4 is 24.0 Å². The first-order valence-electron chi connectivity index (χ1n) is 9.32. The number of piperidine rings is 1. The van der Waals surface area contributed by atoms with E-state index >= 15 is 0 Å². The molecular weight excluding hydrogens is 449 g/mol. The highest BCUT2D eigenvalue weighted by molar-refractivity contribution is 6.02. The Labute approximate surface area is 178 Å². The molecule has 2 bridgehead atoms. The summed E-state index contributed by atoms with van der Waals surface area (Å²) in [7, 11) is 4.46. The summed E-state index contributed by atoms with van der Waals surface area (Å²) in [6.07, 6.45) is 4.55. The summed E-state index contributed by atoms with van der Waals surface area (Å²) in [5.41, 5.74) is 3.00. The predicted octanol–water partition coefficient (Wildman–Crippen LogP) is 0.929. The quantitative estimate of drug-likeness (QED) is 0.399. The lowest BCUT2D eigenvalue weighted by atomic mass is 9.61. The third-order valence-electron chi connectivity index (χ3n) is 6.35. The number of halogens is 1. The number of nitrogens with zero attached hydrogens (tertiary/aromatic N) is 1. The standard InChI is InChI=1S/C23H25NO2.HI/c1-24(2)12-11-23(18-9-6-10-19(25)14-18)15-21(24)20(22(26)16-23)13-17-7-4-3-5-8-17;/h3-10,13-14,21H,11-12,15-16H2,1-2H3;1H/b20-13+;/t21-,23-;/m0./s1. The van der Waals surface area contributed by atoms with Gasteiger partial charge in [0, 0.05) is 24.7 Å². The van der Waals surface area contributed by atoms with Crippen LogP contribution in [-0.2, 0) is 10.2 Å². The van der Waals surface area contributed by atoms with Gasteiger partial charge in [0.15, 0.2) is 5.78 Å². The highest BCUT2D eigenvalue weighted by atomic mass is 127. The number of fused-ring (bicyclic) bond motifs is 2. The third kappa shape index (κ3) is 3.69. The first-order chi connectivity index (χ1) is 12.4. The fraction of sp³-hybridized carbons (Fsp3) is 0.348. The van der Waals surface area contributed by atoms with Crippen LogP contribution in [0.1, 0.15) is 30.4 Å². The number of likely N-dealkylation sites (N-methyl/N-ethyl adjacent to an activating group) is 1. The van der Waals surface area contributed by atoms with Crippen molar-refractivity contribution < 1.29 is 38.4 Å². The first-order valence-corrected chi connectivity index (χ1v) is 9.32. The van der Waals surface area contributed by atoms with Crippen LogP contribution >= 0.6 is 0 Å². The Balaban J connectivity index is 0.00000210. The molecule has 0 unspecified atom stereocenters. The molecule has 0 radical (unpaired) electrons. The zero-order valence-electron chi connectivity index (χ0n) is 15.9. The summed E-state index contributed by atoms with van der Waals surface area (Å²) in [6, 6.07) is 17.8. The van der Waals surface area contributed by atoms with Gasteiger partial charge in [0.2, 0.25) is 0 Å². The Morgan fingerprint density at radius 2 is 1.85 bits per heavy atom. The van der Waals surface area contributed by atoms with Crippen molar-refractivity contribution in [3.05, 3.63) is 71.3 Å². The number of Topliss-reactive ketones (excluding diaryl/α,β-unsaturated/α-hetero) is 1. The van der Waals surface area contributed by atoms with Crippen LogP contribution in [0, 0.1) is 0 Å². The molecule has 2 aliphatic rings. The second-order valence-corrected chi connectivity index (χ2v) is 8.41. The van der Waals surface area contributed by atoms with Crippen molar-refractivity contribution in [2.45, 2.75) is 30.7 Å². The van der Waals surface area contributed by atoms with E-state index in [9.17, 15) is 9.90 Å². The van der Waals surface area contributed by atoms with Gasteiger partial charge in [-0.3, -0.25) is 4.79 Å². The van der Waals surface area contributed by atoms with Crippen LogP contribution in [0.25, 0.3) is 6.08 Å². The van der Waals surface area contributed by atoms with E-state index in [0.29, 0.717) is 6.42 Å². The van der Waals surface area contributed by atoms with Crippen LogP contribution in [0.15, 0.2) is 60.2 Å². The normalized spacial score (nSPS) is 27.9. The fourth-order valence-corrected chi connectivity index (χ4v) is 4.73. The van der Waals surface area contributed by atoms with Crippen LogP contribution in [0.3, 0.4) is 0 Å². The molecule has 1 N–H and O–H groups in total. The van der Waals surface area contributed by atoms with E-state index in [0.717, 1.165) is 40.6 Å². The number of aromatic hydroxyl groups is 1. The van der Waals surface area contributed by atoms with Crippen LogP contribution in [0.4, 0.5) is 0 Å². The number of ketones is 1. The molecule has 4 heteroatoms. The molecule has 27 heavy (non-hydrogen) atoms. The summed E-state index contributed by atoms with van der Waals surface area (Å²) in [5, 5.41) is 9.95. The van der Waals surface area contributed by atoms with E-state index < -0.39 is 0 Å². The van der Waals surface area contributed by atoms with Gasteiger partial charge in [0.05, 0.1) is 26.2 Å². The van der Waals surface area contributed by atoms with Gasteiger partial charge in [-0.1, -0.05) is 42.5 Å². The van der Waals surface area contributed by atoms with Crippen molar-refractivity contribution in [2.75, 3.05) is 20.6 Å². The van der Waals surface area contributed by atoms with Crippen molar-refractivity contribution in [1.82, 2.24) is 0 Å². The largest absolute Gasteiger partial charge is 1.00 e. The van der Waals surface area contributed by atoms with Crippen molar-refractivity contribution in [3.63, 3.8) is 0 Å². The number of carbonyl (C=O) groups excluding carboxylic acids is 1. The van der Waals surface area contributed by atoms with Gasteiger partial charge in [-0.15, -0.1) is 0 Å². The third-order valence-corrected chi connectivity index (χ3v) is 6.35. The molecule has 142 valence electrons. The van der Waals surface area contributed by atoms with Crippen LogP contribution in [0.5, 0.6) is 5.75 Å². The Hall–Kier alpha value is -1.66. The molecule has 3 nitrogen and oxygen atoms in total. The van der Waals surface area contributed by atoms with E-state index in [2.05, 4.69) is 38.4 Å². The Morgan fingerprint density at radius 3 is 2.56 bits per heavy atom. The van der Waals surface area contributed by atoms with Gasteiger partial charge in [-0.2, -0.15) is 0 Å². The van der Waals surface area contributed by atoms with Crippen LogP contribution in [0.2, 0.25) is 0 Å². The molecule has 1 saturated heterocycles.